The monoisotopic (exact) mass is 659 g/mol. The molecule has 5 N–H and O–H groups in total. The van der Waals surface area contributed by atoms with Gasteiger partial charge in [0.2, 0.25) is 17.6 Å². The second kappa shape index (κ2) is 13.3. The summed E-state index contributed by atoms with van der Waals surface area (Å²) in [6.07, 6.45) is 4.07. The number of amides is 7. The van der Waals surface area contributed by atoms with Crippen LogP contribution in [0.1, 0.15) is 87.5 Å². The summed E-state index contributed by atoms with van der Waals surface area (Å²) < 4.78 is 0. The van der Waals surface area contributed by atoms with Gasteiger partial charge >= 0.3 is 12.1 Å². The molecule has 2 aliphatic heterocycles. The number of hydrogen-bond donors (Lipinski definition) is 4. The fourth-order valence-corrected chi connectivity index (χ4v) is 7.54. The lowest BCUT2D eigenvalue weighted by Crippen LogP contribution is -2.63. The van der Waals surface area contributed by atoms with Gasteiger partial charge < -0.3 is 36.4 Å². The highest BCUT2D eigenvalue weighted by atomic mass is 16.2. The molecule has 4 rings (SSSR count). The molecule has 6 atom stereocenters. The lowest BCUT2D eigenvalue weighted by atomic mass is 9.80. The SMILES string of the molecule is CN1CCCN(CC(NC(=O)NC(C(=O)N2CC3C(C2C(=O)NC(CC2CCC2)C(=O)C(N)=O)C3(C)C)C(C)(C)C)C(C)(C)C)C1=O. The van der Waals surface area contributed by atoms with E-state index in [1.165, 1.54) is 0 Å². The lowest BCUT2D eigenvalue weighted by molar-refractivity contribution is -0.145. The van der Waals surface area contributed by atoms with Gasteiger partial charge in [-0.05, 0) is 46.8 Å². The van der Waals surface area contributed by atoms with E-state index in [0.29, 0.717) is 32.6 Å². The van der Waals surface area contributed by atoms with Crippen LogP contribution in [-0.2, 0) is 19.2 Å². The Morgan fingerprint density at radius 3 is 2.11 bits per heavy atom. The highest BCUT2D eigenvalue weighted by molar-refractivity contribution is 6.37. The zero-order valence-corrected chi connectivity index (χ0v) is 29.8. The van der Waals surface area contributed by atoms with E-state index in [-0.39, 0.29) is 35.1 Å². The molecule has 6 unspecified atom stereocenters. The molecule has 13 nitrogen and oxygen atoms in total. The first-order chi connectivity index (χ1) is 21.6. The molecule has 4 aliphatic rings. The Morgan fingerprint density at radius 2 is 1.57 bits per heavy atom. The van der Waals surface area contributed by atoms with Crippen molar-refractivity contribution in [2.45, 2.75) is 112 Å². The van der Waals surface area contributed by atoms with Gasteiger partial charge in [-0.25, -0.2) is 9.59 Å². The number of ketones is 1. The standard InChI is InChI=1S/C34H57N7O6/c1-32(2,3)22(18-40-15-11-14-39(9)31(40)47)37-30(46)38-26(33(4,5)6)29(45)41-17-20-23(34(20,7)8)24(41)28(44)36-21(25(42)27(35)43)16-19-12-10-13-19/h19-24,26H,10-18H2,1-9H3,(H2,35,43)(H,36,44)(H2,37,38,46). The number of urea groups is 2. The van der Waals surface area contributed by atoms with E-state index < -0.39 is 58.6 Å². The van der Waals surface area contributed by atoms with Gasteiger partial charge in [-0.2, -0.15) is 0 Å². The number of rotatable bonds is 11. The normalized spacial score (nSPS) is 26.0. The largest absolute Gasteiger partial charge is 0.363 e. The van der Waals surface area contributed by atoms with Gasteiger partial charge in [-0.1, -0.05) is 74.7 Å². The number of fused-ring (bicyclic) bond motifs is 1. The molecular formula is C34H57N7O6. The summed E-state index contributed by atoms with van der Waals surface area (Å²) in [6.45, 7) is 17.6. The molecule has 7 amide bonds. The first kappa shape index (κ1) is 36.5. The third-order valence-corrected chi connectivity index (χ3v) is 11.1. The summed E-state index contributed by atoms with van der Waals surface area (Å²) >= 11 is 0. The Balaban J connectivity index is 1.51. The zero-order chi connectivity index (χ0) is 35.2. The number of piperidine rings is 1. The van der Waals surface area contributed by atoms with Crippen molar-refractivity contribution in [3.8, 4) is 0 Å². The minimum atomic E-state index is -1.09. The van der Waals surface area contributed by atoms with Crippen LogP contribution in [0.25, 0.3) is 0 Å². The molecule has 0 bridgehead atoms. The zero-order valence-electron chi connectivity index (χ0n) is 29.8. The number of nitrogens with one attached hydrogen (secondary N) is 3. The summed E-state index contributed by atoms with van der Waals surface area (Å²) in [6, 6.07) is -3.88. The summed E-state index contributed by atoms with van der Waals surface area (Å²) in [5, 5.41) is 8.76. The molecule has 2 saturated carbocycles. The molecule has 2 aliphatic carbocycles. The van der Waals surface area contributed by atoms with Crippen LogP contribution >= 0.6 is 0 Å². The Labute approximate surface area is 279 Å². The van der Waals surface area contributed by atoms with Gasteiger partial charge in [0.1, 0.15) is 12.1 Å². The van der Waals surface area contributed by atoms with E-state index in [0.717, 1.165) is 25.7 Å². The van der Waals surface area contributed by atoms with Crippen molar-refractivity contribution >= 4 is 35.6 Å². The van der Waals surface area contributed by atoms with Crippen LogP contribution in [0, 0.1) is 34.0 Å². The van der Waals surface area contributed by atoms with E-state index in [2.05, 4.69) is 29.8 Å². The van der Waals surface area contributed by atoms with E-state index in [9.17, 15) is 28.8 Å². The van der Waals surface area contributed by atoms with E-state index in [4.69, 9.17) is 5.73 Å². The lowest BCUT2D eigenvalue weighted by Gasteiger charge is -2.41. The van der Waals surface area contributed by atoms with E-state index >= 15 is 0 Å². The van der Waals surface area contributed by atoms with Crippen LogP contribution in [0.5, 0.6) is 0 Å². The number of Topliss-reactive ketones (excluding diaryl/α,β-unsaturated/α-hetero) is 1. The number of likely N-dealkylation sites (tertiary alicyclic amines) is 1. The number of nitrogens with zero attached hydrogens (tertiary/aromatic N) is 3. The maximum Gasteiger partial charge on any atom is 0.319 e. The number of hydrogen-bond acceptors (Lipinski definition) is 6. The van der Waals surface area contributed by atoms with Crippen molar-refractivity contribution in [3.05, 3.63) is 0 Å². The molecule has 2 heterocycles. The Morgan fingerprint density at radius 1 is 0.936 bits per heavy atom. The number of primary amides is 1. The second-order valence-corrected chi connectivity index (χ2v) is 17.1. The summed E-state index contributed by atoms with van der Waals surface area (Å²) in [5.41, 5.74) is 4.06. The van der Waals surface area contributed by atoms with Gasteiger partial charge in [0.25, 0.3) is 5.91 Å². The molecule has 0 aromatic carbocycles. The molecule has 0 aromatic rings. The third-order valence-electron chi connectivity index (χ3n) is 11.1. The summed E-state index contributed by atoms with van der Waals surface area (Å²) in [5.74, 6) is -2.59. The molecule has 264 valence electrons. The van der Waals surface area contributed by atoms with E-state index in [1.807, 2.05) is 41.5 Å². The molecule has 0 radical (unpaired) electrons. The van der Waals surface area contributed by atoms with Crippen LogP contribution in [0.4, 0.5) is 9.59 Å². The molecule has 4 fully saturated rings. The Hall–Kier alpha value is -3.38. The molecule has 47 heavy (non-hydrogen) atoms. The quantitative estimate of drug-likeness (QED) is 0.247. The van der Waals surface area contributed by atoms with Crippen molar-refractivity contribution in [2.24, 2.45) is 39.7 Å². The van der Waals surface area contributed by atoms with Crippen molar-refractivity contribution in [3.63, 3.8) is 0 Å². The Bertz CT molecular complexity index is 1270. The topological polar surface area (TPSA) is 174 Å². The molecular weight excluding hydrogens is 602 g/mol. The predicted octanol–water partition coefficient (Wildman–Crippen LogP) is 2.08. The van der Waals surface area contributed by atoms with Crippen molar-refractivity contribution in [2.75, 3.05) is 33.2 Å². The first-order valence-electron chi connectivity index (χ1n) is 17.2. The minimum Gasteiger partial charge on any atom is -0.363 e. The summed E-state index contributed by atoms with van der Waals surface area (Å²) in [4.78, 5) is 84.3. The van der Waals surface area contributed by atoms with E-state index in [1.54, 1.807) is 21.7 Å². The fourth-order valence-electron chi connectivity index (χ4n) is 7.54. The van der Waals surface area contributed by atoms with Gasteiger partial charge in [0.15, 0.2) is 0 Å². The van der Waals surface area contributed by atoms with Crippen molar-refractivity contribution in [1.29, 1.82) is 0 Å². The van der Waals surface area contributed by atoms with Crippen molar-refractivity contribution < 1.29 is 28.8 Å². The second-order valence-electron chi connectivity index (χ2n) is 17.1. The van der Waals surface area contributed by atoms with Gasteiger partial charge in [-0.15, -0.1) is 0 Å². The number of nitrogens with two attached hydrogens (primary N) is 1. The Kier molecular flexibility index (Phi) is 10.3. The van der Waals surface area contributed by atoms with Crippen LogP contribution in [0.15, 0.2) is 0 Å². The molecule has 0 spiro atoms. The average Bonchev–Trinajstić information content (AvgIpc) is 3.25. The first-order valence-corrected chi connectivity index (χ1v) is 17.2. The van der Waals surface area contributed by atoms with Crippen LogP contribution in [-0.4, -0.2) is 108 Å². The average molecular weight is 660 g/mol. The molecule has 2 saturated heterocycles. The number of carbonyl (C=O) groups excluding carboxylic acids is 6. The predicted molar refractivity (Wildman–Crippen MR) is 177 cm³/mol. The van der Waals surface area contributed by atoms with Crippen molar-refractivity contribution in [1.82, 2.24) is 30.7 Å². The third kappa shape index (κ3) is 7.85. The number of carbonyl (C=O) groups is 6. The highest BCUT2D eigenvalue weighted by Gasteiger charge is 2.70. The smallest absolute Gasteiger partial charge is 0.319 e. The van der Waals surface area contributed by atoms with Gasteiger partial charge in [0.05, 0.1) is 12.1 Å². The maximum absolute atomic E-state index is 14.4. The van der Waals surface area contributed by atoms with Crippen LogP contribution in [0.3, 0.4) is 0 Å². The molecule has 13 heteroatoms. The van der Waals surface area contributed by atoms with Gasteiger partial charge in [0, 0.05) is 33.2 Å². The highest BCUT2D eigenvalue weighted by Crippen LogP contribution is 2.65. The minimum absolute atomic E-state index is 0.0808. The maximum atomic E-state index is 14.4. The van der Waals surface area contributed by atoms with Gasteiger partial charge in [-0.3, -0.25) is 19.2 Å². The fraction of sp³-hybridized carbons (Fsp3) is 0.824. The molecule has 0 aromatic heterocycles. The van der Waals surface area contributed by atoms with Crippen LogP contribution in [0.2, 0.25) is 0 Å². The van der Waals surface area contributed by atoms with Crippen LogP contribution < -0.4 is 21.7 Å². The summed E-state index contributed by atoms with van der Waals surface area (Å²) in [7, 11) is 1.77.